The number of carbonyl (C=O) groups is 1. The summed E-state index contributed by atoms with van der Waals surface area (Å²) in [4.78, 5) is 19.1. The Morgan fingerprint density at radius 1 is 1.19 bits per heavy atom. The van der Waals surface area contributed by atoms with Gasteiger partial charge in [-0.15, -0.1) is 11.3 Å². The number of anilines is 1. The molecule has 166 valence electrons. The number of carbonyl (C=O) groups excluding carboxylic acids is 1. The average Bonchev–Trinajstić information content (AvgIpc) is 3.39. The number of nitrogens with one attached hydrogen (secondary N) is 1. The third kappa shape index (κ3) is 4.16. The van der Waals surface area contributed by atoms with Gasteiger partial charge in [0, 0.05) is 30.4 Å². The number of fused-ring (bicyclic) bond motifs is 1. The topological polar surface area (TPSA) is 97.2 Å². The molecular formula is C22H23N5O3S2. The Bertz CT molecular complexity index is 1410. The van der Waals surface area contributed by atoms with Crippen LogP contribution >= 0.6 is 11.3 Å². The van der Waals surface area contributed by atoms with Crippen molar-refractivity contribution < 1.29 is 13.2 Å². The van der Waals surface area contributed by atoms with Gasteiger partial charge in [0.1, 0.15) is 0 Å². The van der Waals surface area contributed by atoms with Gasteiger partial charge in [-0.05, 0) is 49.1 Å². The maximum atomic E-state index is 13.2. The number of amides is 1. The first-order valence-corrected chi connectivity index (χ1v) is 12.2. The van der Waals surface area contributed by atoms with Crippen LogP contribution in [0.15, 0.2) is 52.9 Å². The maximum Gasteiger partial charge on any atom is 0.256 e. The molecule has 0 atom stereocenters. The summed E-state index contributed by atoms with van der Waals surface area (Å²) in [5.74, 6) is -0.348. The standard InChI is InChI=1S/C22H23N5O3S2/c1-14-7-8-17(32(29,30)26(3)4)11-20(14)25-22(28)18-10-15(2)24-21-19(18)12-23-27(21)13-16-6-5-9-31-16/h5-12H,13H2,1-4H3,(H,25,28). The molecule has 1 amide bonds. The summed E-state index contributed by atoms with van der Waals surface area (Å²) in [6.45, 7) is 4.21. The molecular weight excluding hydrogens is 446 g/mol. The first kappa shape index (κ1) is 22.1. The van der Waals surface area contributed by atoms with Crippen molar-refractivity contribution in [3.05, 3.63) is 69.7 Å². The Hall–Kier alpha value is -3.08. The van der Waals surface area contributed by atoms with Crippen LogP contribution in [0.2, 0.25) is 0 Å². The smallest absolute Gasteiger partial charge is 0.256 e. The van der Waals surface area contributed by atoms with Crippen LogP contribution in [0.5, 0.6) is 0 Å². The lowest BCUT2D eigenvalue weighted by atomic mass is 10.1. The highest BCUT2D eigenvalue weighted by molar-refractivity contribution is 7.89. The number of hydrogen-bond acceptors (Lipinski definition) is 6. The molecule has 0 aliphatic heterocycles. The lowest BCUT2D eigenvalue weighted by molar-refractivity contribution is 0.102. The number of benzene rings is 1. The normalized spacial score (nSPS) is 11.9. The Balaban J connectivity index is 1.70. The molecule has 0 radical (unpaired) electrons. The number of pyridine rings is 1. The van der Waals surface area contributed by atoms with Gasteiger partial charge in [-0.3, -0.25) is 4.79 Å². The average molecular weight is 470 g/mol. The van der Waals surface area contributed by atoms with Gasteiger partial charge in [0.05, 0.1) is 28.6 Å². The predicted octanol–water partition coefficient (Wildman–Crippen LogP) is 3.66. The summed E-state index contributed by atoms with van der Waals surface area (Å²) in [7, 11) is -0.680. The zero-order valence-corrected chi connectivity index (χ0v) is 19.8. The molecule has 10 heteroatoms. The van der Waals surface area contributed by atoms with Gasteiger partial charge in [-0.2, -0.15) is 5.10 Å². The van der Waals surface area contributed by atoms with E-state index >= 15 is 0 Å². The van der Waals surface area contributed by atoms with Crippen molar-refractivity contribution in [2.45, 2.75) is 25.3 Å². The van der Waals surface area contributed by atoms with Crippen molar-refractivity contribution in [2.75, 3.05) is 19.4 Å². The van der Waals surface area contributed by atoms with Crippen LogP contribution in [-0.2, 0) is 16.6 Å². The second-order valence-electron chi connectivity index (χ2n) is 7.65. The number of thiophene rings is 1. The zero-order valence-electron chi connectivity index (χ0n) is 18.2. The van der Waals surface area contributed by atoms with Crippen LogP contribution in [0.25, 0.3) is 11.0 Å². The van der Waals surface area contributed by atoms with Crippen LogP contribution in [0, 0.1) is 13.8 Å². The molecule has 0 saturated heterocycles. The molecule has 3 aromatic heterocycles. The molecule has 3 heterocycles. The highest BCUT2D eigenvalue weighted by atomic mass is 32.2. The van der Waals surface area contributed by atoms with Crippen LogP contribution in [0.1, 0.15) is 26.5 Å². The van der Waals surface area contributed by atoms with Crippen LogP contribution in [0.4, 0.5) is 5.69 Å². The second kappa shape index (κ2) is 8.45. The molecule has 0 aliphatic carbocycles. The van der Waals surface area contributed by atoms with E-state index in [0.717, 1.165) is 14.7 Å². The number of aryl methyl sites for hydroxylation is 2. The molecule has 4 rings (SSSR count). The van der Waals surface area contributed by atoms with Crippen LogP contribution < -0.4 is 5.32 Å². The molecule has 1 aromatic carbocycles. The van der Waals surface area contributed by atoms with Gasteiger partial charge in [-0.25, -0.2) is 22.4 Å². The minimum Gasteiger partial charge on any atom is -0.322 e. The molecule has 0 fully saturated rings. The zero-order chi connectivity index (χ0) is 23.0. The number of rotatable bonds is 6. The summed E-state index contributed by atoms with van der Waals surface area (Å²) in [6, 6.07) is 10.4. The third-order valence-electron chi connectivity index (χ3n) is 5.10. The van der Waals surface area contributed by atoms with Gasteiger partial charge in [0.2, 0.25) is 10.0 Å². The first-order chi connectivity index (χ1) is 15.2. The van der Waals surface area contributed by atoms with Crippen molar-refractivity contribution >= 4 is 44.0 Å². The molecule has 0 saturated carbocycles. The Morgan fingerprint density at radius 2 is 1.97 bits per heavy atom. The molecule has 8 nitrogen and oxygen atoms in total. The lowest BCUT2D eigenvalue weighted by Gasteiger charge is -2.15. The SMILES string of the molecule is Cc1cc(C(=O)Nc2cc(S(=O)(=O)N(C)C)ccc2C)c2cnn(Cc3cccs3)c2n1. The number of hydrogen-bond donors (Lipinski definition) is 1. The Morgan fingerprint density at radius 3 is 2.66 bits per heavy atom. The monoisotopic (exact) mass is 469 g/mol. The summed E-state index contributed by atoms with van der Waals surface area (Å²) in [5.41, 5.74) is 2.95. The van der Waals surface area contributed by atoms with E-state index in [4.69, 9.17) is 0 Å². The highest BCUT2D eigenvalue weighted by Crippen LogP contribution is 2.25. The van der Waals surface area contributed by atoms with E-state index in [1.165, 1.54) is 26.2 Å². The van der Waals surface area contributed by atoms with Gasteiger partial charge >= 0.3 is 0 Å². The quantitative estimate of drug-likeness (QED) is 0.465. The summed E-state index contributed by atoms with van der Waals surface area (Å²) in [6.07, 6.45) is 1.64. The Kier molecular flexibility index (Phi) is 5.85. The minimum absolute atomic E-state index is 0.114. The molecule has 0 aliphatic rings. The van der Waals surface area contributed by atoms with E-state index in [0.29, 0.717) is 34.5 Å². The van der Waals surface area contributed by atoms with Crippen molar-refractivity contribution in [3.8, 4) is 0 Å². The fraction of sp³-hybridized carbons (Fsp3) is 0.227. The van der Waals surface area contributed by atoms with E-state index < -0.39 is 10.0 Å². The van der Waals surface area contributed by atoms with Crippen molar-refractivity contribution in [1.82, 2.24) is 19.1 Å². The number of nitrogens with zero attached hydrogens (tertiary/aromatic N) is 4. The van der Waals surface area contributed by atoms with Crippen molar-refractivity contribution in [3.63, 3.8) is 0 Å². The molecule has 4 aromatic rings. The van der Waals surface area contributed by atoms with Gasteiger partial charge in [0.25, 0.3) is 5.91 Å². The van der Waals surface area contributed by atoms with Gasteiger partial charge in [0.15, 0.2) is 5.65 Å². The maximum absolute atomic E-state index is 13.2. The van der Waals surface area contributed by atoms with E-state index in [1.54, 1.807) is 34.3 Å². The van der Waals surface area contributed by atoms with Crippen molar-refractivity contribution in [2.24, 2.45) is 0 Å². The number of aromatic nitrogens is 3. The highest BCUT2D eigenvalue weighted by Gasteiger charge is 2.20. The van der Waals surface area contributed by atoms with Crippen LogP contribution in [0.3, 0.4) is 0 Å². The molecule has 32 heavy (non-hydrogen) atoms. The summed E-state index contributed by atoms with van der Waals surface area (Å²) < 4.78 is 27.9. The summed E-state index contributed by atoms with van der Waals surface area (Å²) >= 11 is 1.63. The van der Waals surface area contributed by atoms with Gasteiger partial charge in [-0.1, -0.05) is 12.1 Å². The summed E-state index contributed by atoms with van der Waals surface area (Å²) in [5, 5.41) is 9.95. The predicted molar refractivity (Wildman–Crippen MR) is 126 cm³/mol. The van der Waals surface area contributed by atoms with E-state index in [9.17, 15) is 13.2 Å². The van der Waals surface area contributed by atoms with E-state index in [-0.39, 0.29) is 10.8 Å². The van der Waals surface area contributed by atoms with E-state index in [1.807, 2.05) is 31.4 Å². The van der Waals surface area contributed by atoms with E-state index in [2.05, 4.69) is 15.4 Å². The molecule has 1 N–H and O–H groups in total. The lowest BCUT2D eigenvalue weighted by Crippen LogP contribution is -2.22. The fourth-order valence-corrected chi connectivity index (χ4v) is 4.94. The van der Waals surface area contributed by atoms with Crippen molar-refractivity contribution in [1.29, 1.82) is 0 Å². The molecule has 0 bridgehead atoms. The van der Waals surface area contributed by atoms with Gasteiger partial charge < -0.3 is 5.32 Å². The Labute approximate surface area is 190 Å². The second-order valence-corrected chi connectivity index (χ2v) is 10.8. The third-order valence-corrected chi connectivity index (χ3v) is 7.78. The fourth-order valence-electron chi connectivity index (χ4n) is 3.32. The van der Waals surface area contributed by atoms with Crippen LogP contribution in [-0.4, -0.2) is 47.5 Å². The largest absolute Gasteiger partial charge is 0.322 e. The number of sulfonamides is 1. The minimum atomic E-state index is -3.62. The molecule has 0 unspecified atom stereocenters. The molecule has 0 spiro atoms. The first-order valence-electron chi connectivity index (χ1n) is 9.87.